The molecule has 2 aromatic carbocycles. The van der Waals surface area contributed by atoms with Crippen molar-refractivity contribution < 1.29 is 23.1 Å². The number of sulfonamides is 1. The van der Waals surface area contributed by atoms with E-state index in [2.05, 4.69) is 16.2 Å². The first-order valence-electron chi connectivity index (χ1n) is 8.70. The molecule has 3 rings (SSSR count). The van der Waals surface area contributed by atoms with Crippen molar-refractivity contribution >= 4 is 44.7 Å². The molecule has 1 fully saturated rings. The third kappa shape index (κ3) is 5.41. The SMILES string of the molecule is O=C(O)c1ccc(NNC(=S)Nc2ccc(S(=O)(=O)N3CCOCC3)cc2)cc1. The molecular formula is C18H20N4O5S2. The van der Waals surface area contributed by atoms with Crippen molar-refractivity contribution in [2.45, 2.75) is 4.90 Å². The van der Waals surface area contributed by atoms with Gasteiger partial charge in [0.05, 0.1) is 29.4 Å². The van der Waals surface area contributed by atoms with Gasteiger partial charge in [0.1, 0.15) is 0 Å². The Balaban J connectivity index is 1.55. The van der Waals surface area contributed by atoms with Crippen LogP contribution in [0.1, 0.15) is 10.4 Å². The summed E-state index contributed by atoms with van der Waals surface area (Å²) in [7, 11) is -3.54. The van der Waals surface area contributed by atoms with E-state index in [0.717, 1.165) is 0 Å². The van der Waals surface area contributed by atoms with E-state index >= 15 is 0 Å². The number of hydrogen-bond donors (Lipinski definition) is 4. The minimum atomic E-state index is -3.54. The summed E-state index contributed by atoms with van der Waals surface area (Å²) in [6.45, 7) is 1.47. The summed E-state index contributed by atoms with van der Waals surface area (Å²) < 4.78 is 31.8. The Morgan fingerprint density at radius 1 is 1.00 bits per heavy atom. The largest absolute Gasteiger partial charge is 0.478 e. The van der Waals surface area contributed by atoms with E-state index < -0.39 is 16.0 Å². The first kappa shape index (κ1) is 21.0. The fourth-order valence-electron chi connectivity index (χ4n) is 2.63. The number of morpholine rings is 1. The van der Waals surface area contributed by atoms with Gasteiger partial charge in [-0.05, 0) is 60.7 Å². The molecule has 0 aliphatic carbocycles. The van der Waals surface area contributed by atoms with Crippen LogP contribution in [0.25, 0.3) is 0 Å². The molecule has 0 atom stereocenters. The molecule has 11 heteroatoms. The molecule has 1 saturated heterocycles. The Morgan fingerprint density at radius 3 is 2.17 bits per heavy atom. The zero-order valence-electron chi connectivity index (χ0n) is 15.3. The molecule has 2 aromatic rings. The van der Waals surface area contributed by atoms with Crippen LogP contribution in [0.4, 0.5) is 11.4 Å². The summed E-state index contributed by atoms with van der Waals surface area (Å²) in [6, 6.07) is 12.4. The van der Waals surface area contributed by atoms with E-state index in [1.54, 1.807) is 24.3 Å². The fourth-order valence-corrected chi connectivity index (χ4v) is 4.21. The number of nitrogens with one attached hydrogen (secondary N) is 3. The molecule has 4 N–H and O–H groups in total. The molecule has 0 unspecified atom stereocenters. The van der Waals surface area contributed by atoms with Gasteiger partial charge in [0.15, 0.2) is 5.11 Å². The van der Waals surface area contributed by atoms with Gasteiger partial charge in [-0.25, -0.2) is 13.2 Å². The topological polar surface area (TPSA) is 120 Å². The minimum Gasteiger partial charge on any atom is -0.478 e. The monoisotopic (exact) mass is 436 g/mol. The second-order valence-corrected chi connectivity index (χ2v) is 8.47. The van der Waals surface area contributed by atoms with Crippen molar-refractivity contribution in [3.05, 3.63) is 54.1 Å². The number of rotatable bonds is 6. The first-order chi connectivity index (χ1) is 13.9. The summed E-state index contributed by atoms with van der Waals surface area (Å²) in [4.78, 5) is 11.1. The predicted molar refractivity (Wildman–Crippen MR) is 112 cm³/mol. The van der Waals surface area contributed by atoms with Gasteiger partial charge in [0.2, 0.25) is 10.0 Å². The Hall–Kier alpha value is -2.73. The van der Waals surface area contributed by atoms with Crippen LogP contribution in [-0.2, 0) is 14.8 Å². The highest BCUT2D eigenvalue weighted by Gasteiger charge is 2.26. The number of anilines is 2. The molecule has 0 amide bonds. The summed E-state index contributed by atoms with van der Waals surface area (Å²) in [5, 5.41) is 12.1. The van der Waals surface area contributed by atoms with E-state index in [9.17, 15) is 13.2 Å². The Labute approximate surface area is 173 Å². The van der Waals surface area contributed by atoms with Gasteiger partial charge in [0.25, 0.3) is 0 Å². The van der Waals surface area contributed by atoms with Gasteiger partial charge in [-0.1, -0.05) is 0 Å². The van der Waals surface area contributed by atoms with E-state index in [1.165, 1.54) is 28.6 Å². The number of ether oxygens (including phenoxy) is 1. The molecule has 0 aromatic heterocycles. The lowest BCUT2D eigenvalue weighted by Gasteiger charge is -2.26. The average Bonchev–Trinajstić information content (AvgIpc) is 2.73. The molecule has 0 radical (unpaired) electrons. The van der Waals surface area contributed by atoms with Crippen LogP contribution < -0.4 is 16.2 Å². The molecule has 0 spiro atoms. The molecule has 154 valence electrons. The number of carboxylic acid groups (broad SMARTS) is 1. The fraction of sp³-hybridized carbons (Fsp3) is 0.222. The highest BCUT2D eigenvalue weighted by atomic mass is 32.2. The van der Waals surface area contributed by atoms with Gasteiger partial charge >= 0.3 is 5.97 Å². The highest BCUT2D eigenvalue weighted by Crippen LogP contribution is 2.19. The molecule has 1 aliphatic heterocycles. The van der Waals surface area contributed by atoms with E-state index in [0.29, 0.717) is 37.7 Å². The Morgan fingerprint density at radius 2 is 1.59 bits per heavy atom. The zero-order valence-corrected chi connectivity index (χ0v) is 16.9. The maximum Gasteiger partial charge on any atom is 0.335 e. The molecule has 0 bridgehead atoms. The normalized spacial score (nSPS) is 14.8. The van der Waals surface area contributed by atoms with E-state index in [1.807, 2.05) is 0 Å². The number of carboxylic acids is 1. The molecule has 1 aliphatic rings. The highest BCUT2D eigenvalue weighted by molar-refractivity contribution is 7.89. The smallest absolute Gasteiger partial charge is 0.335 e. The number of aromatic carboxylic acids is 1. The van der Waals surface area contributed by atoms with Crippen molar-refractivity contribution in [1.82, 2.24) is 9.73 Å². The van der Waals surface area contributed by atoms with E-state index in [-0.39, 0.29) is 15.6 Å². The molecule has 29 heavy (non-hydrogen) atoms. The second-order valence-electron chi connectivity index (χ2n) is 6.13. The quantitative estimate of drug-likeness (QED) is 0.396. The number of benzene rings is 2. The first-order valence-corrected chi connectivity index (χ1v) is 10.6. The summed E-state index contributed by atoms with van der Waals surface area (Å²) in [5.74, 6) is -0.999. The summed E-state index contributed by atoms with van der Waals surface area (Å²) in [5.41, 5.74) is 7.06. The lowest BCUT2D eigenvalue weighted by atomic mass is 10.2. The Bertz CT molecular complexity index is 972. The van der Waals surface area contributed by atoms with Crippen molar-refractivity contribution in [3.63, 3.8) is 0 Å². The van der Waals surface area contributed by atoms with Crippen LogP contribution in [0.2, 0.25) is 0 Å². The van der Waals surface area contributed by atoms with Crippen LogP contribution in [0, 0.1) is 0 Å². The van der Waals surface area contributed by atoms with Gasteiger partial charge in [0, 0.05) is 18.8 Å². The maximum absolute atomic E-state index is 12.6. The minimum absolute atomic E-state index is 0.184. The third-order valence-electron chi connectivity index (χ3n) is 4.17. The lowest BCUT2D eigenvalue weighted by molar-refractivity contribution is 0.0697. The van der Waals surface area contributed by atoms with E-state index in [4.69, 9.17) is 22.1 Å². The standard InChI is InChI=1S/C18H20N4O5S2/c23-17(24)13-1-3-15(4-2-13)20-21-18(28)19-14-5-7-16(8-6-14)29(25,26)22-9-11-27-12-10-22/h1-8,20H,9-12H2,(H,23,24)(H2,19,21,28). The molecule has 9 nitrogen and oxygen atoms in total. The van der Waals surface area contributed by atoms with Crippen molar-refractivity contribution in [3.8, 4) is 0 Å². The Kier molecular flexibility index (Phi) is 6.64. The van der Waals surface area contributed by atoms with Gasteiger partial charge < -0.3 is 15.2 Å². The van der Waals surface area contributed by atoms with Crippen molar-refractivity contribution in [2.75, 3.05) is 37.0 Å². The number of nitrogens with zero attached hydrogens (tertiary/aromatic N) is 1. The van der Waals surface area contributed by atoms with Gasteiger partial charge in [-0.15, -0.1) is 0 Å². The average molecular weight is 437 g/mol. The molecule has 1 heterocycles. The van der Waals surface area contributed by atoms with Crippen LogP contribution in [0.3, 0.4) is 0 Å². The predicted octanol–water partition coefficient (Wildman–Crippen LogP) is 1.72. The number of hydrazine groups is 1. The molecular weight excluding hydrogens is 416 g/mol. The number of thiocarbonyl (C=S) groups is 1. The van der Waals surface area contributed by atoms with Gasteiger partial charge in [-0.2, -0.15) is 4.31 Å². The number of hydrogen-bond acceptors (Lipinski definition) is 6. The second kappa shape index (κ2) is 9.18. The van der Waals surface area contributed by atoms with Crippen LogP contribution in [0.5, 0.6) is 0 Å². The summed E-state index contributed by atoms with van der Waals surface area (Å²) >= 11 is 5.19. The van der Waals surface area contributed by atoms with Crippen molar-refractivity contribution in [2.24, 2.45) is 0 Å². The summed E-state index contributed by atoms with van der Waals surface area (Å²) in [6.07, 6.45) is 0. The molecule has 0 saturated carbocycles. The lowest BCUT2D eigenvalue weighted by Crippen LogP contribution is -2.40. The number of carbonyl (C=O) groups is 1. The zero-order chi connectivity index (χ0) is 20.9. The third-order valence-corrected chi connectivity index (χ3v) is 6.29. The van der Waals surface area contributed by atoms with Crippen molar-refractivity contribution in [1.29, 1.82) is 0 Å². The van der Waals surface area contributed by atoms with Crippen LogP contribution in [0.15, 0.2) is 53.4 Å². The van der Waals surface area contributed by atoms with Crippen LogP contribution >= 0.6 is 12.2 Å². The van der Waals surface area contributed by atoms with Gasteiger partial charge in [-0.3, -0.25) is 10.9 Å². The maximum atomic E-state index is 12.6. The van der Waals surface area contributed by atoms with Crippen LogP contribution in [-0.4, -0.2) is 55.2 Å².